The monoisotopic (exact) mass is 510 g/mol. The lowest BCUT2D eigenvalue weighted by Crippen LogP contribution is -2.52. The Bertz CT molecular complexity index is 923. The fourth-order valence-corrected chi connectivity index (χ4v) is 3.40. The van der Waals surface area contributed by atoms with Gasteiger partial charge >= 0.3 is 11.9 Å². The van der Waals surface area contributed by atoms with Gasteiger partial charge in [0.15, 0.2) is 5.12 Å². The van der Waals surface area contributed by atoms with Gasteiger partial charge in [-0.1, -0.05) is 30.8 Å². The lowest BCUT2D eigenvalue weighted by atomic mass is 10.1. The van der Waals surface area contributed by atoms with Crippen LogP contribution in [0.4, 0.5) is 5.69 Å². The van der Waals surface area contributed by atoms with Crippen LogP contribution in [0.5, 0.6) is 0 Å². The maximum absolute atomic E-state index is 12.7. The SMILES string of the molecule is CCC(=O)NCCC(=O)N[C@@H](CO)C(=O)N[C@@H](CSC(C)=O)Cc1ccc(NC(=O)C(=O)O)cc1. The number of amides is 4. The van der Waals surface area contributed by atoms with E-state index in [1.165, 1.54) is 19.1 Å². The highest BCUT2D eigenvalue weighted by Crippen LogP contribution is 2.14. The van der Waals surface area contributed by atoms with Gasteiger partial charge in [0.25, 0.3) is 0 Å². The predicted molar refractivity (Wildman–Crippen MR) is 128 cm³/mol. The largest absolute Gasteiger partial charge is 0.474 e. The number of thioether (sulfide) groups is 1. The summed E-state index contributed by atoms with van der Waals surface area (Å²) in [4.78, 5) is 69.3. The molecule has 1 aromatic carbocycles. The average molecular weight is 511 g/mol. The molecular formula is C22H30N4O8S. The molecule has 4 amide bonds. The fourth-order valence-electron chi connectivity index (χ4n) is 2.77. The quantitative estimate of drug-likeness (QED) is 0.188. The smallest absolute Gasteiger partial charge is 0.394 e. The lowest BCUT2D eigenvalue weighted by Gasteiger charge is -2.22. The van der Waals surface area contributed by atoms with Gasteiger partial charge in [-0.15, -0.1) is 0 Å². The number of benzene rings is 1. The Kier molecular flexibility index (Phi) is 13.1. The van der Waals surface area contributed by atoms with Crippen molar-refractivity contribution in [2.45, 2.75) is 45.2 Å². The van der Waals surface area contributed by atoms with E-state index in [1.807, 2.05) is 0 Å². The fraction of sp³-hybridized carbons (Fsp3) is 0.455. The van der Waals surface area contributed by atoms with Crippen molar-refractivity contribution in [2.24, 2.45) is 0 Å². The highest BCUT2D eigenvalue weighted by molar-refractivity contribution is 8.13. The predicted octanol–water partition coefficient (Wildman–Crippen LogP) is -0.590. The third-order valence-electron chi connectivity index (χ3n) is 4.55. The second kappa shape index (κ2) is 15.5. The first-order valence-electron chi connectivity index (χ1n) is 10.8. The molecule has 0 fully saturated rings. The molecule has 13 heteroatoms. The number of carbonyl (C=O) groups is 6. The van der Waals surface area contributed by atoms with Crippen molar-refractivity contribution in [1.29, 1.82) is 0 Å². The van der Waals surface area contributed by atoms with E-state index in [0.717, 1.165) is 17.3 Å². The third-order valence-corrected chi connectivity index (χ3v) is 5.53. The minimum atomic E-state index is -1.62. The van der Waals surface area contributed by atoms with Gasteiger partial charge in [0.05, 0.1) is 6.61 Å². The van der Waals surface area contributed by atoms with Crippen molar-refractivity contribution >= 4 is 52.2 Å². The molecule has 0 saturated carbocycles. The zero-order valence-corrected chi connectivity index (χ0v) is 20.3. The number of aliphatic hydroxyl groups is 1. The molecule has 1 rings (SSSR count). The van der Waals surface area contributed by atoms with Crippen molar-refractivity contribution in [2.75, 3.05) is 24.2 Å². The van der Waals surface area contributed by atoms with Crippen LogP contribution < -0.4 is 21.3 Å². The first-order chi connectivity index (χ1) is 16.5. The summed E-state index contributed by atoms with van der Waals surface area (Å²) in [7, 11) is 0. The number of carboxylic acid groups (broad SMARTS) is 1. The number of hydrogen-bond acceptors (Lipinski definition) is 8. The van der Waals surface area contributed by atoms with Crippen molar-refractivity contribution < 1.29 is 39.0 Å². The Morgan fingerprint density at radius 1 is 1.00 bits per heavy atom. The molecule has 0 aromatic heterocycles. The number of carbonyl (C=O) groups excluding carboxylic acids is 5. The summed E-state index contributed by atoms with van der Waals surface area (Å²) in [6.07, 6.45) is 0.501. The van der Waals surface area contributed by atoms with E-state index in [4.69, 9.17) is 5.11 Å². The Morgan fingerprint density at radius 3 is 2.20 bits per heavy atom. The van der Waals surface area contributed by atoms with Crippen LogP contribution in [0.3, 0.4) is 0 Å². The Hall–Kier alpha value is -3.45. The molecule has 0 saturated heterocycles. The number of aliphatic carboxylic acids is 1. The molecule has 0 aliphatic rings. The van der Waals surface area contributed by atoms with Gasteiger partial charge in [-0.05, 0) is 24.1 Å². The standard InChI is InChI=1S/C22H30N4O8S/c1-3-18(29)23-9-8-19(30)26-17(11-27)20(31)25-16(12-35-13(2)28)10-14-4-6-15(7-5-14)24-21(32)22(33)34/h4-7,16-17,27H,3,8-12H2,1-2H3,(H,23,29)(H,24,32)(H,25,31)(H,26,30)(H,33,34)/t16-,17+/m1/s1. The van der Waals surface area contributed by atoms with Crippen LogP contribution in [0, 0.1) is 0 Å². The van der Waals surface area contributed by atoms with Gasteiger partial charge in [0.1, 0.15) is 6.04 Å². The maximum Gasteiger partial charge on any atom is 0.394 e. The molecule has 0 aliphatic carbocycles. The Balaban J connectivity index is 2.76. The van der Waals surface area contributed by atoms with Gasteiger partial charge in [-0.25, -0.2) is 4.79 Å². The minimum absolute atomic E-state index is 0.0656. The van der Waals surface area contributed by atoms with Gasteiger partial charge < -0.3 is 31.5 Å². The van der Waals surface area contributed by atoms with Gasteiger partial charge in [-0.2, -0.15) is 0 Å². The van der Waals surface area contributed by atoms with Gasteiger partial charge in [0.2, 0.25) is 17.7 Å². The third kappa shape index (κ3) is 12.0. The summed E-state index contributed by atoms with van der Waals surface area (Å²) in [5.74, 6) is -3.94. The maximum atomic E-state index is 12.7. The molecule has 0 spiro atoms. The topological polar surface area (TPSA) is 191 Å². The number of rotatable bonds is 13. The van der Waals surface area contributed by atoms with Crippen molar-refractivity contribution in [1.82, 2.24) is 16.0 Å². The van der Waals surface area contributed by atoms with Gasteiger partial charge in [-0.3, -0.25) is 24.0 Å². The van der Waals surface area contributed by atoms with E-state index >= 15 is 0 Å². The summed E-state index contributed by atoms with van der Waals surface area (Å²) < 4.78 is 0. The van der Waals surface area contributed by atoms with Crippen LogP contribution in [-0.4, -0.2) is 75.9 Å². The Labute approximate surface area is 206 Å². The summed E-state index contributed by atoms with van der Waals surface area (Å²) in [6, 6.07) is 4.51. The normalized spacial score (nSPS) is 12.1. The summed E-state index contributed by atoms with van der Waals surface area (Å²) in [6.45, 7) is 2.51. The molecular weight excluding hydrogens is 480 g/mol. The van der Waals surface area contributed by atoms with Crippen LogP contribution in [0.15, 0.2) is 24.3 Å². The van der Waals surface area contributed by atoms with Crippen LogP contribution in [0.25, 0.3) is 0 Å². The molecule has 2 atom stereocenters. The van der Waals surface area contributed by atoms with E-state index < -0.39 is 42.4 Å². The van der Waals surface area contributed by atoms with Crippen molar-refractivity contribution in [3.8, 4) is 0 Å². The second-order valence-electron chi connectivity index (χ2n) is 7.42. The molecule has 192 valence electrons. The highest BCUT2D eigenvalue weighted by Gasteiger charge is 2.23. The zero-order valence-electron chi connectivity index (χ0n) is 19.5. The number of aliphatic hydroxyl groups excluding tert-OH is 1. The number of hydrogen-bond donors (Lipinski definition) is 6. The Morgan fingerprint density at radius 2 is 1.66 bits per heavy atom. The van der Waals surface area contributed by atoms with E-state index in [9.17, 15) is 33.9 Å². The summed E-state index contributed by atoms with van der Waals surface area (Å²) in [5, 5.41) is 28.0. The van der Waals surface area contributed by atoms with E-state index in [1.54, 1.807) is 19.1 Å². The molecule has 6 N–H and O–H groups in total. The molecule has 12 nitrogen and oxygen atoms in total. The highest BCUT2D eigenvalue weighted by atomic mass is 32.2. The van der Waals surface area contributed by atoms with Crippen LogP contribution >= 0.6 is 11.8 Å². The van der Waals surface area contributed by atoms with Crippen LogP contribution in [0.2, 0.25) is 0 Å². The molecule has 0 unspecified atom stereocenters. The second-order valence-corrected chi connectivity index (χ2v) is 8.62. The zero-order chi connectivity index (χ0) is 26.4. The molecule has 35 heavy (non-hydrogen) atoms. The van der Waals surface area contributed by atoms with Crippen molar-refractivity contribution in [3.63, 3.8) is 0 Å². The van der Waals surface area contributed by atoms with E-state index in [-0.39, 0.29) is 48.3 Å². The lowest BCUT2D eigenvalue weighted by molar-refractivity contribution is -0.147. The van der Waals surface area contributed by atoms with E-state index in [0.29, 0.717) is 0 Å². The van der Waals surface area contributed by atoms with E-state index in [2.05, 4.69) is 21.3 Å². The van der Waals surface area contributed by atoms with Crippen molar-refractivity contribution in [3.05, 3.63) is 29.8 Å². The first-order valence-corrected chi connectivity index (χ1v) is 11.8. The average Bonchev–Trinajstić information content (AvgIpc) is 2.81. The van der Waals surface area contributed by atoms with Gasteiger partial charge in [0, 0.05) is 43.8 Å². The summed E-state index contributed by atoms with van der Waals surface area (Å²) in [5.41, 5.74) is 1.00. The minimum Gasteiger partial charge on any atom is -0.474 e. The summed E-state index contributed by atoms with van der Waals surface area (Å²) >= 11 is 0.999. The molecule has 0 bridgehead atoms. The van der Waals surface area contributed by atoms with Crippen LogP contribution in [0.1, 0.15) is 32.3 Å². The van der Waals surface area contributed by atoms with Crippen LogP contribution in [-0.2, 0) is 35.2 Å². The molecule has 0 aliphatic heterocycles. The number of carboxylic acids is 1. The molecule has 0 radical (unpaired) electrons. The molecule has 1 aromatic rings. The first kappa shape index (κ1) is 29.6. The number of nitrogens with one attached hydrogen (secondary N) is 4. The number of anilines is 1. The molecule has 0 heterocycles.